The number of amides is 1. The van der Waals surface area contributed by atoms with Gasteiger partial charge < -0.3 is 5.32 Å². The highest BCUT2D eigenvalue weighted by atomic mass is 35.5. The maximum absolute atomic E-state index is 12.2. The maximum Gasteiger partial charge on any atom is 0.270 e. The predicted octanol–water partition coefficient (Wildman–Crippen LogP) is 2.52. The molecule has 2 rings (SSSR count). The van der Waals surface area contributed by atoms with E-state index in [-0.39, 0.29) is 16.9 Å². The van der Waals surface area contributed by atoms with Gasteiger partial charge in [0.25, 0.3) is 5.69 Å². The van der Waals surface area contributed by atoms with Crippen LogP contribution in [0.25, 0.3) is 0 Å². The summed E-state index contributed by atoms with van der Waals surface area (Å²) >= 11 is 5.74. The van der Waals surface area contributed by atoms with E-state index in [0.717, 1.165) is 6.07 Å². The van der Waals surface area contributed by atoms with Gasteiger partial charge in [-0.25, -0.2) is 0 Å². The number of nitro groups is 1. The molecule has 1 N–H and O–H groups in total. The minimum atomic E-state index is -0.658. The Kier molecular flexibility index (Phi) is 4.39. The fourth-order valence-corrected chi connectivity index (χ4v) is 1.87. The van der Waals surface area contributed by atoms with Crippen LogP contribution in [-0.2, 0) is 4.79 Å². The van der Waals surface area contributed by atoms with Gasteiger partial charge in [0.1, 0.15) is 12.1 Å². The Morgan fingerprint density at radius 3 is 2.86 bits per heavy atom. The topological polar surface area (TPSA) is 114 Å². The van der Waals surface area contributed by atoms with Crippen molar-refractivity contribution < 1.29 is 9.72 Å². The normalized spacial score (nSPS) is 11.5. The maximum atomic E-state index is 12.2. The molecule has 8 nitrogen and oxygen atoms in total. The van der Waals surface area contributed by atoms with E-state index in [0.29, 0.717) is 5.02 Å². The van der Waals surface area contributed by atoms with Crippen molar-refractivity contribution in [3.05, 3.63) is 51.3 Å². The molecule has 0 bridgehead atoms. The molecular formula is C13H10ClN5O3. The van der Waals surface area contributed by atoms with Crippen molar-refractivity contribution in [1.29, 1.82) is 5.26 Å². The third kappa shape index (κ3) is 3.21. The number of nitrogens with zero attached hydrogens (tertiary/aromatic N) is 4. The van der Waals surface area contributed by atoms with E-state index in [1.54, 1.807) is 6.92 Å². The predicted molar refractivity (Wildman–Crippen MR) is 78.4 cm³/mol. The molecule has 0 aliphatic heterocycles. The summed E-state index contributed by atoms with van der Waals surface area (Å²) in [6.45, 7) is 1.61. The number of hydrogen-bond acceptors (Lipinski definition) is 5. The lowest BCUT2D eigenvalue weighted by molar-refractivity contribution is -0.384. The largest absolute Gasteiger partial charge is 0.323 e. The number of non-ortho nitro benzene ring substituents is 1. The monoisotopic (exact) mass is 319 g/mol. The molecule has 0 aliphatic rings. The standard InChI is InChI=1S/C13H10ClN5O3/c1-8(18-7-10(14)6-16-18)13(20)17-12-3-2-11(19(21)22)4-9(12)5-15/h2-4,6-8H,1H3,(H,17,20). The van der Waals surface area contributed by atoms with Gasteiger partial charge in [-0.2, -0.15) is 10.4 Å². The Labute approximate surface area is 130 Å². The number of rotatable bonds is 4. The van der Waals surface area contributed by atoms with E-state index in [1.165, 1.54) is 29.2 Å². The highest BCUT2D eigenvalue weighted by Crippen LogP contribution is 2.22. The molecule has 0 aliphatic carbocycles. The average Bonchev–Trinajstić information content (AvgIpc) is 2.93. The summed E-state index contributed by atoms with van der Waals surface area (Å²) in [5.74, 6) is -0.426. The van der Waals surface area contributed by atoms with Crippen molar-refractivity contribution in [2.24, 2.45) is 0 Å². The van der Waals surface area contributed by atoms with Crippen LogP contribution < -0.4 is 5.32 Å². The molecule has 1 aromatic heterocycles. The first-order chi connectivity index (χ1) is 10.4. The Bertz CT molecular complexity index is 780. The molecule has 0 fully saturated rings. The van der Waals surface area contributed by atoms with Crippen LogP contribution in [0.3, 0.4) is 0 Å². The smallest absolute Gasteiger partial charge is 0.270 e. The van der Waals surface area contributed by atoms with Gasteiger partial charge in [-0.05, 0) is 13.0 Å². The van der Waals surface area contributed by atoms with Gasteiger partial charge in [-0.3, -0.25) is 19.6 Å². The van der Waals surface area contributed by atoms with Gasteiger partial charge in [0.05, 0.1) is 27.4 Å². The minimum Gasteiger partial charge on any atom is -0.323 e. The van der Waals surface area contributed by atoms with Gasteiger partial charge in [0.2, 0.25) is 5.91 Å². The molecule has 1 atom stereocenters. The van der Waals surface area contributed by atoms with Crippen LogP contribution in [0.2, 0.25) is 5.02 Å². The van der Waals surface area contributed by atoms with Gasteiger partial charge >= 0.3 is 0 Å². The number of nitro benzene ring substituents is 1. The van der Waals surface area contributed by atoms with Crippen LogP contribution in [-0.4, -0.2) is 20.6 Å². The Balaban J connectivity index is 2.21. The van der Waals surface area contributed by atoms with E-state index in [2.05, 4.69) is 10.4 Å². The Morgan fingerprint density at radius 2 is 2.32 bits per heavy atom. The first-order valence-corrected chi connectivity index (χ1v) is 6.49. The zero-order chi connectivity index (χ0) is 16.3. The third-order valence-corrected chi connectivity index (χ3v) is 3.13. The highest BCUT2D eigenvalue weighted by Gasteiger charge is 2.18. The van der Waals surface area contributed by atoms with Gasteiger partial charge in [-0.15, -0.1) is 0 Å². The van der Waals surface area contributed by atoms with Crippen molar-refractivity contribution in [2.75, 3.05) is 5.32 Å². The number of anilines is 1. The van der Waals surface area contributed by atoms with Crippen LogP contribution in [0.4, 0.5) is 11.4 Å². The van der Waals surface area contributed by atoms with Crippen LogP contribution in [0.5, 0.6) is 0 Å². The highest BCUT2D eigenvalue weighted by molar-refractivity contribution is 6.30. The van der Waals surface area contributed by atoms with Crippen LogP contribution in [0, 0.1) is 21.4 Å². The number of carbonyl (C=O) groups excluding carboxylic acids is 1. The lowest BCUT2D eigenvalue weighted by Crippen LogP contribution is -2.24. The molecule has 0 spiro atoms. The van der Waals surface area contributed by atoms with E-state index in [9.17, 15) is 14.9 Å². The zero-order valence-corrected chi connectivity index (χ0v) is 12.1. The number of aromatic nitrogens is 2. The van der Waals surface area contributed by atoms with Crippen LogP contribution in [0.1, 0.15) is 18.5 Å². The fourth-order valence-electron chi connectivity index (χ4n) is 1.73. The number of nitrogens with one attached hydrogen (secondary N) is 1. The molecule has 9 heteroatoms. The number of nitriles is 1. The molecule has 1 heterocycles. The molecule has 0 saturated heterocycles. The molecule has 2 aromatic rings. The molecule has 22 heavy (non-hydrogen) atoms. The van der Waals surface area contributed by atoms with E-state index < -0.39 is 16.9 Å². The summed E-state index contributed by atoms with van der Waals surface area (Å²) in [6.07, 6.45) is 2.89. The SMILES string of the molecule is CC(C(=O)Nc1ccc([N+](=O)[O-])cc1C#N)n1cc(Cl)cn1. The summed E-state index contributed by atoms with van der Waals surface area (Å²) in [7, 11) is 0. The lowest BCUT2D eigenvalue weighted by atomic mass is 10.1. The van der Waals surface area contributed by atoms with E-state index in [4.69, 9.17) is 16.9 Å². The summed E-state index contributed by atoms with van der Waals surface area (Å²) in [6, 6.07) is 4.79. The number of hydrogen-bond donors (Lipinski definition) is 1. The number of halogens is 1. The van der Waals surface area contributed by atoms with Crippen molar-refractivity contribution >= 4 is 28.9 Å². The Morgan fingerprint density at radius 1 is 1.59 bits per heavy atom. The number of benzene rings is 1. The molecule has 0 radical (unpaired) electrons. The average molecular weight is 320 g/mol. The second-order valence-corrected chi connectivity index (χ2v) is 4.84. The summed E-state index contributed by atoms with van der Waals surface area (Å²) in [5.41, 5.74) is -0.0158. The molecule has 1 amide bonds. The molecule has 0 saturated carbocycles. The summed E-state index contributed by atoms with van der Waals surface area (Å²) < 4.78 is 1.37. The fraction of sp³-hybridized carbons (Fsp3) is 0.154. The van der Waals surface area contributed by atoms with Crippen molar-refractivity contribution in [3.63, 3.8) is 0 Å². The van der Waals surface area contributed by atoms with E-state index >= 15 is 0 Å². The van der Waals surface area contributed by atoms with Crippen molar-refractivity contribution in [1.82, 2.24) is 9.78 Å². The van der Waals surface area contributed by atoms with Crippen molar-refractivity contribution in [2.45, 2.75) is 13.0 Å². The Hall–Kier alpha value is -2.92. The van der Waals surface area contributed by atoms with Crippen LogP contribution >= 0.6 is 11.6 Å². The first kappa shape index (κ1) is 15.5. The molecule has 1 unspecified atom stereocenters. The number of carbonyl (C=O) groups is 1. The summed E-state index contributed by atoms with van der Waals surface area (Å²) in [5, 5.41) is 26.6. The van der Waals surface area contributed by atoms with E-state index in [1.807, 2.05) is 6.07 Å². The lowest BCUT2D eigenvalue weighted by Gasteiger charge is -2.13. The van der Waals surface area contributed by atoms with Crippen molar-refractivity contribution in [3.8, 4) is 6.07 Å². The second kappa shape index (κ2) is 6.24. The van der Waals surface area contributed by atoms with Gasteiger partial charge in [-0.1, -0.05) is 11.6 Å². The van der Waals surface area contributed by atoms with Gasteiger partial charge in [0, 0.05) is 18.3 Å². The summed E-state index contributed by atoms with van der Waals surface area (Å²) in [4.78, 5) is 22.2. The minimum absolute atomic E-state index is 0.00764. The third-order valence-electron chi connectivity index (χ3n) is 2.94. The second-order valence-electron chi connectivity index (χ2n) is 4.40. The first-order valence-electron chi connectivity index (χ1n) is 6.11. The van der Waals surface area contributed by atoms with Crippen LogP contribution in [0.15, 0.2) is 30.6 Å². The molecular weight excluding hydrogens is 310 g/mol. The molecule has 1 aromatic carbocycles. The quantitative estimate of drug-likeness (QED) is 0.687. The zero-order valence-electron chi connectivity index (χ0n) is 11.4. The van der Waals surface area contributed by atoms with Gasteiger partial charge in [0.15, 0.2) is 0 Å². The molecule has 112 valence electrons.